The van der Waals surface area contributed by atoms with Gasteiger partial charge in [-0.2, -0.15) is 0 Å². The molecule has 0 radical (unpaired) electrons. The van der Waals surface area contributed by atoms with Crippen LogP contribution in [0.25, 0.3) is 27.5 Å². The van der Waals surface area contributed by atoms with E-state index in [1.165, 1.54) is 37.4 Å². The Hall–Kier alpha value is -7.32. The molecule has 0 unspecified atom stereocenters. The van der Waals surface area contributed by atoms with Crippen LogP contribution in [0.15, 0.2) is 255 Å². The lowest BCUT2D eigenvalue weighted by molar-refractivity contribution is 0.591. The fourth-order valence-corrected chi connectivity index (χ4v) is 20.4. The maximum Gasteiger partial charge on any atom is 0.179 e. The molecule has 0 aliphatic rings. The van der Waals surface area contributed by atoms with Crippen molar-refractivity contribution in [3.05, 3.63) is 271 Å². The van der Waals surface area contributed by atoms with Crippen molar-refractivity contribution in [2.24, 2.45) is 0 Å². The quantitative estimate of drug-likeness (QED) is 0.0736. The zero-order chi connectivity index (χ0) is 47.2. The number of hydrogen-bond acceptors (Lipinski definition) is 2. The molecule has 0 N–H and O–H groups in total. The molecular weight excluding hydrogens is 893 g/mol. The van der Waals surface area contributed by atoms with Crippen molar-refractivity contribution < 1.29 is 9.13 Å². The van der Waals surface area contributed by atoms with Gasteiger partial charge in [0.15, 0.2) is 22.4 Å². The molecule has 0 saturated carbocycles. The average Bonchev–Trinajstić information content (AvgIpc) is 3.74. The van der Waals surface area contributed by atoms with Gasteiger partial charge in [0.05, 0.1) is 11.0 Å². The summed E-state index contributed by atoms with van der Waals surface area (Å²) in [6.07, 6.45) is 0. The van der Waals surface area contributed by atoms with Crippen LogP contribution in [-0.4, -0.2) is 12.6 Å². The van der Waals surface area contributed by atoms with Gasteiger partial charge < -0.3 is 13.7 Å². The third kappa shape index (κ3) is 7.52. The predicted octanol–water partition coefficient (Wildman–Crippen LogP) is 10.4. The fourth-order valence-electron chi connectivity index (χ4n) is 10.4. The average molecular weight is 944 g/mol. The highest BCUT2D eigenvalue weighted by Gasteiger charge is 2.42. The maximum atomic E-state index is 16.1. The van der Waals surface area contributed by atoms with Crippen LogP contribution in [-0.2, 0) is 9.13 Å². The van der Waals surface area contributed by atoms with Gasteiger partial charge in [-0.3, -0.25) is 0 Å². The van der Waals surface area contributed by atoms with Gasteiger partial charge in [0.25, 0.3) is 0 Å². The Balaban J connectivity index is 1.20. The highest BCUT2D eigenvalue weighted by molar-refractivity contribution is 7.85. The molecule has 11 rings (SSSR count). The topological polar surface area (TPSA) is 39.1 Å². The van der Waals surface area contributed by atoms with Crippen molar-refractivity contribution in [2.75, 3.05) is 0 Å². The van der Waals surface area contributed by atoms with Crippen molar-refractivity contribution in [3.63, 3.8) is 0 Å². The molecule has 0 saturated heterocycles. The van der Waals surface area contributed by atoms with Crippen LogP contribution in [0.1, 0.15) is 16.7 Å². The summed E-state index contributed by atoms with van der Waals surface area (Å²) in [7, 11) is -9.54. The molecule has 69 heavy (non-hydrogen) atoms. The van der Waals surface area contributed by atoms with Crippen LogP contribution in [0, 0.1) is 20.8 Å². The summed E-state index contributed by atoms with van der Waals surface area (Å²) in [5, 5.41) is 12.0. The van der Waals surface area contributed by atoms with Crippen LogP contribution < -0.4 is 52.6 Å². The van der Waals surface area contributed by atoms with E-state index in [0.29, 0.717) is 0 Å². The van der Waals surface area contributed by atoms with E-state index >= 15 is 9.13 Å². The lowest BCUT2D eigenvalue weighted by Gasteiger charge is -2.35. The molecule has 0 spiro atoms. The first-order valence-corrected chi connectivity index (χ1v) is 28.9. The molecule has 3 nitrogen and oxygen atoms in total. The monoisotopic (exact) mass is 943 g/mol. The summed E-state index contributed by atoms with van der Waals surface area (Å²) in [5.41, 5.74) is 6.63. The Morgan fingerprint density at radius 3 is 1.00 bits per heavy atom. The molecule has 1 heterocycles. The number of rotatable bonds is 11. The lowest BCUT2D eigenvalue weighted by atomic mass is 10.1. The molecule has 10 aromatic carbocycles. The van der Waals surface area contributed by atoms with Crippen molar-refractivity contribution in [1.82, 2.24) is 4.57 Å². The molecule has 334 valence electrons. The molecule has 0 atom stereocenters. The summed E-state index contributed by atoms with van der Waals surface area (Å²) in [4.78, 5) is 0. The number of aryl methyl sites for hydroxylation is 3. The van der Waals surface area contributed by atoms with Gasteiger partial charge in [-0.05, 0) is 90.0 Å². The Labute approximate surface area is 406 Å². The standard InChI is InChI=1S/C63H51NO2P2Si/c1-46-24-35-56(36-25-46)69(57-37-26-47(2)27-38-57,58-39-28-48(3)29-40-58)59-41-43-63-61(45-59)60-44-55(68(66,52-20-12-6-13-21-52)53-22-14-7-15-23-53)34-42-62(60)64(63)49-30-32-54(33-31-49)67(65,50-16-8-4-9-17-50)51-18-10-5-11-19-51/h4-45H,1-3H3. The van der Waals surface area contributed by atoms with E-state index in [4.69, 9.17) is 0 Å². The molecule has 0 amide bonds. The third-order valence-electron chi connectivity index (χ3n) is 13.9. The van der Waals surface area contributed by atoms with Gasteiger partial charge in [0, 0.05) is 48.3 Å². The zero-order valence-electron chi connectivity index (χ0n) is 38.9. The second-order valence-corrected chi connectivity index (χ2v) is 27.5. The van der Waals surface area contributed by atoms with Gasteiger partial charge in [0.1, 0.15) is 0 Å². The van der Waals surface area contributed by atoms with Crippen molar-refractivity contribution >= 4 is 96.7 Å². The molecular formula is C63H51NO2P2Si. The van der Waals surface area contributed by atoms with E-state index < -0.39 is 22.4 Å². The summed E-state index contributed by atoms with van der Waals surface area (Å²) in [6, 6.07) is 88.9. The van der Waals surface area contributed by atoms with Crippen LogP contribution in [0.2, 0.25) is 0 Å². The van der Waals surface area contributed by atoms with Crippen LogP contribution in [0.4, 0.5) is 0 Å². The van der Waals surface area contributed by atoms with Gasteiger partial charge >= 0.3 is 0 Å². The Morgan fingerprint density at radius 1 is 0.304 bits per heavy atom. The molecule has 0 aliphatic carbocycles. The number of benzene rings is 10. The minimum atomic E-state index is -3.34. The summed E-state index contributed by atoms with van der Waals surface area (Å²) in [5.74, 6) is 0. The molecule has 1 aromatic heterocycles. The second kappa shape index (κ2) is 18.0. The number of hydrogen-bond donors (Lipinski definition) is 0. The van der Waals surface area contributed by atoms with Crippen molar-refractivity contribution in [2.45, 2.75) is 20.8 Å². The normalized spacial score (nSPS) is 12.1. The van der Waals surface area contributed by atoms with E-state index in [1.807, 2.05) is 133 Å². The lowest BCUT2D eigenvalue weighted by Crippen LogP contribution is -2.74. The smallest absolute Gasteiger partial charge is 0.179 e. The summed E-state index contributed by atoms with van der Waals surface area (Å²) >= 11 is 0. The highest BCUT2D eigenvalue weighted by atomic mass is 31.2. The van der Waals surface area contributed by atoms with Crippen molar-refractivity contribution in [3.8, 4) is 5.69 Å². The van der Waals surface area contributed by atoms with E-state index in [9.17, 15) is 0 Å². The molecule has 0 fully saturated rings. The first-order chi connectivity index (χ1) is 33.7. The Kier molecular flexibility index (Phi) is 11.5. The fraction of sp³-hybridized carbons (Fsp3) is 0.0476. The second-order valence-electron chi connectivity index (χ2n) is 18.2. The van der Waals surface area contributed by atoms with Crippen LogP contribution in [0.3, 0.4) is 0 Å². The number of aromatic nitrogens is 1. The Bertz CT molecular complexity index is 3510. The maximum absolute atomic E-state index is 16.1. The van der Waals surface area contributed by atoms with E-state index in [2.05, 4.69) is 147 Å². The molecule has 0 aliphatic heterocycles. The van der Waals surface area contributed by atoms with E-state index in [1.54, 1.807) is 0 Å². The predicted molar refractivity (Wildman–Crippen MR) is 297 cm³/mol. The summed E-state index contributed by atoms with van der Waals surface area (Å²) < 4.78 is 33.9. The SMILES string of the molecule is Cc1ccc([Si](c2ccc(C)cc2)(c2ccc(C)cc2)c2ccc3c(c2)c2cc(P(=O)(c4ccccc4)c4ccccc4)ccc2n3-c2ccc(P(=O)(c3ccccc3)c3ccccc3)cc2)cc1. The Morgan fingerprint density at radius 2 is 0.609 bits per heavy atom. The molecule has 6 heteroatoms. The van der Waals surface area contributed by atoms with E-state index in [-0.39, 0.29) is 0 Å². The number of fused-ring (bicyclic) bond motifs is 3. The molecule has 0 bridgehead atoms. The van der Waals surface area contributed by atoms with E-state index in [0.717, 1.165) is 59.3 Å². The largest absolute Gasteiger partial charge is 0.309 e. The minimum Gasteiger partial charge on any atom is -0.309 e. The van der Waals surface area contributed by atoms with Gasteiger partial charge in [-0.15, -0.1) is 0 Å². The van der Waals surface area contributed by atoms with Gasteiger partial charge in [-0.25, -0.2) is 0 Å². The highest BCUT2D eigenvalue weighted by Crippen LogP contribution is 2.45. The van der Waals surface area contributed by atoms with Gasteiger partial charge in [0.2, 0.25) is 0 Å². The third-order valence-corrected chi connectivity index (χ3v) is 24.9. The minimum absolute atomic E-state index is 0.769. The number of nitrogens with zero attached hydrogens (tertiary/aromatic N) is 1. The van der Waals surface area contributed by atoms with Crippen LogP contribution >= 0.6 is 14.3 Å². The first-order valence-electron chi connectivity index (χ1n) is 23.5. The summed E-state index contributed by atoms with van der Waals surface area (Å²) in [6.45, 7) is 6.46. The first kappa shape index (κ1) is 44.2. The van der Waals surface area contributed by atoms with Gasteiger partial charge in [-0.1, -0.05) is 223 Å². The molecule has 11 aromatic rings. The van der Waals surface area contributed by atoms with Crippen LogP contribution in [0.5, 0.6) is 0 Å². The van der Waals surface area contributed by atoms with Crippen molar-refractivity contribution in [1.29, 1.82) is 0 Å². The zero-order valence-corrected chi connectivity index (χ0v) is 41.7.